The van der Waals surface area contributed by atoms with Crippen LogP contribution in [0.25, 0.3) is 0 Å². The largest absolute Gasteiger partial charge is 0.466 e. The van der Waals surface area contributed by atoms with Gasteiger partial charge in [0.05, 0.1) is 6.61 Å². The molecule has 0 aromatic heterocycles. The zero-order valence-electron chi connectivity index (χ0n) is 33.6. The van der Waals surface area contributed by atoms with Gasteiger partial charge >= 0.3 is 11.9 Å². The van der Waals surface area contributed by atoms with Crippen molar-refractivity contribution in [3.63, 3.8) is 0 Å². The number of hydrogen-bond donors (Lipinski definition) is 0. The summed E-state index contributed by atoms with van der Waals surface area (Å²) in [6.07, 6.45) is 36.7. The molecule has 0 saturated carbocycles. The number of carbonyl (C=O) groups is 2. The monoisotopic (exact) mass is 692 g/mol. The minimum absolute atomic E-state index is 0.00368. The second-order valence-corrected chi connectivity index (χ2v) is 15.6. The number of piperidine rings is 1. The van der Waals surface area contributed by atoms with Gasteiger partial charge in [-0.15, -0.1) is 0 Å². The maximum absolute atomic E-state index is 12.9. The van der Waals surface area contributed by atoms with E-state index in [0.717, 1.165) is 63.3 Å². The van der Waals surface area contributed by atoms with Gasteiger partial charge in [0.25, 0.3) is 0 Å². The molecule has 0 amide bonds. The van der Waals surface area contributed by atoms with Crippen molar-refractivity contribution in [1.82, 2.24) is 4.90 Å². The van der Waals surface area contributed by atoms with Crippen LogP contribution in [0.3, 0.4) is 0 Å². The molecule has 1 heterocycles. The maximum Gasteiger partial charge on any atom is 0.306 e. The summed E-state index contributed by atoms with van der Waals surface area (Å²) in [5.74, 6) is 1.54. The van der Waals surface area contributed by atoms with Crippen LogP contribution >= 0.6 is 0 Å². The molecule has 0 radical (unpaired) electrons. The van der Waals surface area contributed by atoms with Crippen LogP contribution in [0, 0.1) is 11.8 Å². The van der Waals surface area contributed by atoms with Crippen LogP contribution in [0.15, 0.2) is 0 Å². The zero-order valence-corrected chi connectivity index (χ0v) is 33.6. The molecule has 0 spiro atoms. The summed E-state index contributed by atoms with van der Waals surface area (Å²) in [6, 6.07) is 0. The molecule has 1 rings (SSSR count). The highest BCUT2D eigenvalue weighted by Gasteiger charge is 2.28. The maximum atomic E-state index is 12.9. The van der Waals surface area contributed by atoms with Crippen LogP contribution in [0.4, 0.5) is 0 Å². The molecular formula is C44H85NO4. The Morgan fingerprint density at radius 3 is 1.61 bits per heavy atom. The van der Waals surface area contributed by atoms with E-state index in [-0.39, 0.29) is 18.0 Å². The molecule has 5 heteroatoms. The van der Waals surface area contributed by atoms with Crippen molar-refractivity contribution in [2.75, 3.05) is 26.2 Å². The first-order valence-corrected chi connectivity index (χ1v) is 22.1. The number of ether oxygens (including phenoxy) is 2. The van der Waals surface area contributed by atoms with Crippen LogP contribution in [0.2, 0.25) is 0 Å². The molecule has 0 aromatic carbocycles. The first-order chi connectivity index (χ1) is 24.0. The fourth-order valence-electron chi connectivity index (χ4n) is 7.81. The van der Waals surface area contributed by atoms with Crippen molar-refractivity contribution in [2.24, 2.45) is 11.8 Å². The fourth-order valence-corrected chi connectivity index (χ4v) is 7.81. The smallest absolute Gasteiger partial charge is 0.306 e. The number of hydrogen-bond acceptors (Lipinski definition) is 5. The molecule has 290 valence electrons. The van der Waals surface area contributed by atoms with E-state index in [1.54, 1.807) is 0 Å². The van der Waals surface area contributed by atoms with Gasteiger partial charge in [0.15, 0.2) is 0 Å². The highest BCUT2D eigenvalue weighted by molar-refractivity contribution is 5.69. The molecule has 1 fully saturated rings. The van der Waals surface area contributed by atoms with Gasteiger partial charge in [-0.2, -0.15) is 0 Å². The third kappa shape index (κ3) is 27.3. The standard InChI is InChI=1S/C44H85NO4/c1-5-9-12-15-18-21-29-38-48-43(46)34-28-27-31-41-39-45(8-4)37-36-40(41)30-23-22-26-35-44(47)49-42(32-24-19-16-13-10-6-2)33-25-20-17-14-11-7-3/h40-42H,5-39H2,1-4H3. The number of carbonyl (C=O) groups excluding carboxylic acids is 2. The summed E-state index contributed by atoms with van der Waals surface area (Å²) >= 11 is 0. The second kappa shape index (κ2) is 34.0. The first-order valence-electron chi connectivity index (χ1n) is 22.1. The van der Waals surface area contributed by atoms with E-state index in [1.807, 2.05) is 0 Å². The first kappa shape index (κ1) is 45.9. The molecule has 0 aliphatic carbocycles. The minimum Gasteiger partial charge on any atom is -0.466 e. The molecule has 2 unspecified atom stereocenters. The SMILES string of the molecule is CCCCCCCCCOC(=O)CCCCC1CN(CC)CCC1CCCCCC(=O)OC(CCCCCCCC)CCCCCCCC. The Morgan fingerprint density at radius 2 is 1.02 bits per heavy atom. The lowest BCUT2D eigenvalue weighted by molar-refractivity contribution is -0.150. The second-order valence-electron chi connectivity index (χ2n) is 15.6. The lowest BCUT2D eigenvalue weighted by Gasteiger charge is -2.38. The molecule has 1 aliphatic heterocycles. The van der Waals surface area contributed by atoms with E-state index in [0.29, 0.717) is 19.4 Å². The van der Waals surface area contributed by atoms with Gasteiger partial charge < -0.3 is 14.4 Å². The average molecular weight is 692 g/mol. The Balaban J connectivity index is 2.30. The van der Waals surface area contributed by atoms with Crippen LogP contribution in [-0.2, 0) is 19.1 Å². The Hall–Kier alpha value is -1.10. The van der Waals surface area contributed by atoms with Gasteiger partial charge in [0.2, 0.25) is 0 Å². The summed E-state index contributed by atoms with van der Waals surface area (Å²) < 4.78 is 11.6. The van der Waals surface area contributed by atoms with Gasteiger partial charge in [-0.3, -0.25) is 9.59 Å². The molecule has 1 aliphatic rings. The summed E-state index contributed by atoms with van der Waals surface area (Å²) in [6.45, 7) is 13.2. The number of unbranched alkanes of at least 4 members (excludes halogenated alkanes) is 19. The number of esters is 2. The van der Waals surface area contributed by atoms with Gasteiger partial charge in [-0.25, -0.2) is 0 Å². The minimum atomic E-state index is -0.00368. The lowest BCUT2D eigenvalue weighted by Crippen LogP contribution is -2.40. The fraction of sp³-hybridized carbons (Fsp3) is 0.955. The van der Waals surface area contributed by atoms with Crippen molar-refractivity contribution in [2.45, 2.75) is 233 Å². The van der Waals surface area contributed by atoms with Gasteiger partial charge in [-0.05, 0) is 82.7 Å². The zero-order chi connectivity index (χ0) is 35.6. The van der Waals surface area contributed by atoms with Crippen molar-refractivity contribution in [3.8, 4) is 0 Å². The summed E-state index contributed by atoms with van der Waals surface area (Å²) in [7, 11) is 0. The van der Waals surface area contributed by atoms with Crippen LogP contribution in [-0.4, -0.2) is 49.2 Å². The number of likely N-dealkylation sites (tertiary alicyclic amines) is 1. The average Bonchev–Trinajstić information content (AvgIpc) is 3.10. The molecule has 1 saturated heterocycles. The highest BCUT2D eigenvalue weighted by Crippen LogP contribution is 2.32. The number of nitrogens with zero attached hydrogens (tertiary/aromatic N) is 1. The third-order valence-corrected chi connectivity index (χ3v) is 11.2. The van der Waals surface area contributed by atoms with Crippen LogP contribution < -0.4 is 0 Å². The lowest BCUT2D eigenvalue weighted by atomic mass is 9.79. The predicted octanol–water partition coefficient (Wildman–Crippen LogP) is 13.2. The van der Waals surface area contributed by atoms with Crippen molar-refractivity contribution in [3.05, 3.63) is 0 Å². The Kier molecular flexibility index (Phi) is 31.9. The van der Waals surface area contributed by atoms with Gasteiger partial charge in [-0.1, -0.05) is 156 Å². The van der Waals surface area contributed by atoms with E-state index in [9.17, 15) is 9.59 Å². The Labute approximate surface area is 306 Å². The van der Waals surface area contributed by atoms with E-state index in [1.165, 1.54) is 154 Å². The molecule has 5 nitrogen and oxygen atoms in total. The molecule has 0 N–H and O–H groups in total. The summed E-state index contributed by atoms with van der Waals surface area (Å²) in [5.41, 5.74) is 0. The Bertz CT molecular complexity index is 726. The van der Waals surface area contributed by atoms with Crippen molar-refractivity contribution >= 4 is 11.9 Å². The van der Waals surface area contributed by atoms with E-state index in [4.69, 9.17) is 9.47 Å². The van der Waals surface area contributed by atoms with Gasteiger partial charge in [0.1, 0.15) is 6.10 Å². The van der Waals surface area contributed by atoms with Crippen molar-refractivity contribution in [1.29, 1.82) is 0 Å². The highest BCUT2D eigenvalue weighted by atomic mass is 16.5. The van der Waals surface area contributed by atoms with E-state index < -0.39 is 0 Å². The molecular weight excluding hydrogens is 606 g/mol. The number of rotatable bonds is 35. The molecule has 0 bridgehead atoms. The Morgan fingerprint density at radius 1 is 0.551 bits per heavy atom. The van der Waals surface area contributed by atoms with E-state index in [2.05, 4.69) is 32.6 Å². The van der Waals surface area contributed by atoms with Crippen LogP contribution in [0.1, 0.15) is 227 Å². The molecule has 49 heavy (non-hydrogen) atoms. The quantitative estimate of drug-likeness (QED) is 0.0489. The van der Waals surface area contributed by atoms with Crippen molar-refractivity contribution < 1.29 is 19.1 Å². The normalized spacial score (nSPS) is 16.8. The van der Waals surface area contributed by atoms with Crippen LogP contribution in [0.5, 0.6) is 0 Å². The topological polar surface area (TPSA) is 55.8 Å². The molecule has 2 atom stereocenters. The predicted molar refractivity (Wildman–Crippen MR) is 210 cm³/mol. The third-order valence-electron chi connectivity index (χ3n) is 11.2. The van der Waals surface area contributed by atoms with Gasteiger partial charge in [0, 0.05) is 19.4 Å². The summed E-state index contributed by atoms with van der Waals surface area (Å²) in [4.78, 5) is 27.7. The van der Waals surface area contributed by atoms with E-state index >= 15 is 0 Å². The summed E-state index contributed by atoms with van der Waals surface area (Å²) in [5, 5.41) is 0. The molecule has 0 aromatic rings.